The summed E-state index contributed by atoms with van der Waals surface area (Å²) in [5.74, 6) is -0.776. The van der Waals surface area contributed by atoms with E-state index in [1.807, 2.05) is 37.8 Å². The number of nitrogens with zero attached hydrogens (tertiary/aromatic N) is 2. The summed E-state index contributed by atoms with van der Waals surface area (Å²) in [6.45, 7) is 6.35. The van der Waals surface area contributed by atoms with Gasteiger partial charge in [-0.05, 0) is 56.9 Å². The molecule has 6 nitrogen and oxygen atoms in total. The first-order chi connectivity index (χ1) is 15.0. The molecule has 32 heavy (non-hydrogen) atoms. The van der Waals surface area contributed by atoms with Crippen LogP contribution in [-0.2, 0) is 20.5 Å². The van der Waals surface area contributed by atoms with Gasteiger partial charge in [-0.15, -0.1) is 0 Å². The van der Waals surface area contributed by atoms with Gasteiger partial charge in [-0.25, -0.2) is 4.98 Å². The number of carbonyl (C=O) groups excluding carboxylic acids is 2. The second-order valence-electron chi connectivity index (χ2n) is 8.09. The minimum Gasteiger partial charge on any atom is -0.455 e. The monoisotopic (exact) mass is 449 g/mol. The van der Waals surface area contributed by atoms with Gasteiger partial charge in [0.1, 0.15) is 5.82 Å². The molecule has 0 spiro atoms. The summed E-state index contributed by atoms with van der Waals surface area (Å²) in [6.07, 6.45) is -2.67. The molecule has 1 aliphatic heterocycles. The highest BCUT2D eigenvalue weighted by atomic mass is 19.4. The molecule has 2 aromatic rings. The van der Waals surface area contributed by atoms with Gasteiger partial charge in [-0.3, -0.25) is 9.59 Å². The van der Waals surface area contributed by atoms with E-state index in [1.54, 1.807) is 0 Å². The Bertz CT molecular complexity index is 959. The SMILES string of the molecule is Cc1cc(C)c(NC(=O)COC(=O)C2CCN(c3ccc(C(F)(F)F)cn3)CC2)c(C)c1. The van der Waals surface area contributed by atoms with Crippen LogP contribution in [0.2, 0.25) is 0 Å². The average Bonchev–Trinajstić information content (AvgIpc) is 2.74. The van der Waals surface area contributed by atoms with Crippen LogP contribution in [0.4, 0.5) is 24.7 Å². The summed E-state index contributed by atoms with van der Waals surface area (Å²) in [5.41, 5.74) is 2.89. The summed E-state index contributed by atoms with van der Waals surface area (Å²) in [4.78, 5) is 30.3. The van der Waals surface area contributed by atoms with Gasteiger partial charge in [-0.2, -0.15) is 13.2 Å². The number of carbonyl (C=O) groups is 2. The molecular formula is C23H26F3N3O3. The predicted molar refractivity (Wildman–Crippen MR) is 114 cm³/mol. The molecule has 0 radical (unpaired) electrons. The lowest BCUT2D eigenvalue weighted by atomic mass is 9.97. The molecule has 0 unspecified atom stereocenters. The van der Waals surface area contributed by atoms with E-state index in [0.717, 1.165) is 29.0 Å². The molecule has 1 aromatic heterocycles. The minimum absolute atomic E-state index is 0.364. The highest BCUT2D eigenvalue weighted by Gasteiger charge is 2.31. The molecule has 2 heterocycles. The molecule has 3 rings (SSSR count). The highest BCUT2D eigenvalue weighted by molar-refractivity contribution is 5.94. The van der Waals surface area contributed by atoms with E-state index < -0.39 is 23.6 Å². The standard InChI is InChI=1S/C23H26F3N3O3/c1-14-10-15(2)21(16(3)11-14)28-20(30)13-32-22(31)17-6-8-29(9-7-17)19-5-4-18(12-27-19)23(24,25)26/h4-5,10-12,17H,6-9,13H2,1-3H3,(H,28,30). The number of ether oxygens (including phenoxy) is 1. The van der Waals surface area contributed by atoms with Crippen molar-refractivity contribution in [1.82, 2.24) is 4.98 Å². The Hall–Kier alpha value is -3.10. The second kappa shape index (κ2) is 9.58. The van der Waals surface area contributed by atoms with Gasteiger partial charge in [0.25, 0.3) is 5.91 Å². The van der Waals surface area contributed by atoms with Crippen LogP contribution in [0.15, 0.2) is 30.5 Å². The van der Waals surface area contributed by atoms with Crippen LogP contribution in [0.5, 0.6) is 0 Å². The smallest absolute Gasteiger partial charge is 0.417 e. The topological polar surface area (TPSA) is 71.5 Å². The number of piperidine rings is 1. The summed E-state index contributed by atoms with van der Waals surface area (Å²) in [6, 6.07) is 6.27. The van der Waals surface area contributed by atoms with Crippen molar-refractivity contribution < 1.29 is 27.5 Å². The molecule has 0 bridgehead atoms. The van der Waals surface area contributed by atoms with Crippen molar-refractivity contribution in [3.05, 3.63) is 52.7 Å². The maximum atomic E-state index is 12.7. The van der Waals surface area contributed by atoms with Crippen molar-refractivity contribution in [2.24, 2.45) is 5.92 Å². The quantitative estimate of drug-likeness (QED) is 0.684. The van der Waals surface area contributed by atoms with Gasteiger partial charge in [0.15, 0.2) is 6.61 Å². The zero-order valence-corrected chi connectivity index (χ0v) is 18.3. The first-order valence-corrected chi connectivity index (χ1v) is 10.4. The van der Waals surface area contributed by atoms with Crippen LogP contribution in [0.3, 0.4) is 0 Å². The van der Waals surface area contributed by atoms with E-state index in [0.29, 0.717) is 37.4 Å². The van der Waals surface area contributed by atoms with Crippen molar-refractivity contribution in [1.29, 1.82) is 0 Å². The molecular weight excluding hydrogens is 423 g/mol. The number of amides is 1. The fourth-order valence-electron chi connectivity index (χ4n) is 3.89. The lowest BCUT2D eigenvalue weighted by Gasteiger charge is -2.31. The van der Waals surface area contributed by atoms with E-state index in [9.17, 15) is 22.8 Å². The number of rotatable bonds is 5. The van der Waals surface area contributed by atoms with Crippen molar-refractivity contribution in [3.8, 4) is 0 Å². The number of alkyl halides is 3. The number of nitrogens with one attached hydrogen (secondary N) is 1. The Kier molecular flexibility index (Phi) is 7.06. The van der Waals surface area contributed by atoms with Crippen LogP contribution in [0, 0.1) is 26.7 Å². The second-order valence-corrected chi connectivity index (χ2v) is 8.09. The molecule has 0 aliphatic carbocycles. The zero-order chi connectivity index (χ0) is 23.5. The van der Waals surface area contributed by atoms with Crippen molar-refractivity contribution in [2.75, 3.05) is 29.9 Å². The average molecular weight is 449 g/mol. The zero-order valence-electron chi connectivity index (χ0n) is 18.3. The van der Waals surface area contributed by atoms with Crippen molar-refractivity contribution in [2.45, 2.75) is 39.8 Å². The number of aromatic nitrogens is 1. The van der Waals surface area contributed by atoms with Crippen LogP contribution in [0.25, 0.3) is 0 Å². The molecule has 0 atom stereocenters. The number of aryl methyl sites for hydroxylation is 3. The lowest BCUT2D eigenvalue weighted by Crippen LogP contribution is -2.38. The number of anilines is 2. The number of esters is 1. The third-order valence-electron chi connectivity index (χ3n) is 5.51. The summed E-state index contributed by atoms with van der Waals surface area (Å²) >= 11 is 0. The molecule has 1 saturated heterocycles. The normalized spacial score (nSPS) is 14.9. The Labute approximate surface area is 184 Å². The number of benzene rings is 1. The third-order valence-corrected chi connectivity index (χ3v) is 5.51. The summed E-state index contributed by atoms with van der Waals surface area (Å²) in [5, 5.41) is 2.79. The van der Waals surface area contributed by atoms with E-state index >= 15 is 0 Å². The number of halogens is 3. The van der Waals surface area contributed by atoms with Crippen LogP contribution in [-0.4, -0.2) is 36.6 Å². The molecule has 1 N–H and O–H groups in total. The maximum Gasteiger partial charge on any atom is 0.417 e. The largest absolute Gasteiger partial charge is 0.455 e. The molecule has 9 heteroatoms. The Morgan fingerprint density at radius 3 is 2.28 bits per heavy atom. The fourth-order valence-corrected chi connectivity index (χ4v) is 3.89. The van der Waals surface area contributed by atoms with Gasteiger partial charge in [0.2, 0.25) is 0 Å². The molecule has 172 valence electrons. The van der Waals surface area contributed by atoms with E-state index in [1.165, 1.54) is 6.07 Å². The molecule has 1 amide bonds. The Morgan fingerprint density at radius 2 is 1.75 bits per heavy atom. The van der Waals surface area contributed by atoms with Gasteiger partial charge in [0.05, 0.1) is 11.5 Å². The van der Waals surface area contributed by atoms with Crippen LogP contribution >= 0.6 is 0 Å². The van der Waals surface area contributed by atoms with Crippen molar-refractivity contribution >= 4 is 23.4 Å². The van der Waals surface area contributed by atoms with Gasteiger partial charge < -0.3 is 15.0 Å². The number of hydrogen-bond donors (Lipinski definition) is 1. The predicted octanol–water partition coefficient (Wildman–Crippen LogP) is 4.42. The first-order valence-electron chi connectivity index (χ1n) is 10.4. The summed E-state index contributed by atoms with van der Waals surface area (Å²) < 4.78 is 43.2. The summed E-state index contributed by atoms with van der Waals surface area (Å²) in [7, 11) is 0. The number of hydrogen-bond acceptors (Lipinski definition) is 5. The highest BCUT2D eigenvalue weighted by Crippen LogP contribution is 2.30. The van der Waals surface area contributed by atoms with E-state index in [4.69, 9.17) is 4.74 Å². The molecule has 1 fully saturated rings. The van der Waals surface area contributed by atoms with Crippen molar-refractivity contribution in [3.63, 3.8) is 0 Å². The van der Waals surface area contributed by atoms with Crippen LogP contribution in [0.1, 0.15) is 35.1 Å². The van der Waals surface area contributed by atoms with E-state index in [2.05, 4.69) is 10.3 Å². The maximum absolute atomic E-state index is 12.7. The molecule has 1 aromatic carbocycles. The van der Waals surface area contributed by atoms with E-state index in [-0.39, 0.29) is 12.5 Å². The lowest BCUT2D eigenvalue weighted by molar-refractivity contribution is -0.152. The van der Waals surface area contributed by atoms with Gasteiger partial charge in [0, 0.05) is 25.0 Å². The molecule has 1 aliphatic rings. The fraction of sp³-hybridized carbons (Fsp3) is 0.435. The minimum atomic E-state index is -4.43. The molecule has 0 saturated carbocycles. The number of pyridine rings is 1. The third kappa shape index (κ3) is 5.77. The van der Waals surface area contributed by atoms with Crippen LogP contribution < -0.4 is 10.2 Å². The first kappa shape index (κ1) is 23.6. The Balaban J connectivity index is 1.47. The Morgan fingerprint density at radius 1 is 1.12 bits per heavy atom. The van der Waals surface area contributed by atoms with Gasteiger partial charge >= 0.3 is 12.1 Å². The van der Waals surface area contributed by atoms with Gasteiger partial charge in [-0.1, -0.05) is 17.7 Å².